The maximum Gasteiger partial charge on any atom is 0.339 e. The molecular formula is C62H56Cl3N10O11P. The number of fused-ring (bicyclic) bond motifs is 2. The molecule has 1 aliphatic heterocycles. The maximum atomic E-state index is 12.6. The molecule has 21 nitrogen and oxygen atoms in total. The summed E-state index contributed by atoms with van der Waals surface area (Å²) >= 11 is 14.6. The molecule has 2 aliphatic rings. The minimum Gasteiger partial charge on any atom is -0.508 e. The molecule has 0 saturated heterocycles. The fraction of sp³-hybridized carbons (Fsp3) is 0.129. The topological polar surface area (TPSA) is 353 Å². The summed E-state index contributed by atoms with van der Waals surface area (Å²) in [5.41, 5.74) is 12.3. The Bertz CT molecular complexity index is 3920. The lowest BCUT2D eigenvalue weighted by Crippen LogP contribution is -2.22. The number of hydrogen-bond acceptors (Lipinski definition) is 18. The van der Waals surface area contributed by atoms with Crippen LogP contribution in [0.3, 0.4) is 0 Å². The highest BCUT2D eigenvalue weighted by molar-refractivity contribution is 8.20. The number of amides is 2. The number of phenolic OH excluding ortho intramolecular Hbond substituents is 3. The standard InChI is InChI=1S/C24H20N4O3.C14H10N2O3.C10H14N2O.C7H6N2.C7H6O4.Cl3P/c1-3-28(4-2)17-9-10-19-22(11-17)31-23-13-21(29)18(12-20(23)27-19)24(30)26-16-7-5-15(14-25)6-8-16;15-8-9-1-3-10(4-2-9)16-14(19)12-6-5-11(17)7-13(12)18;1-3-12(4-2)10-7-5-9(11-13)6-8-10;8-5-6-1-3-7(9)4-2-6;8-4-1-2-5(7(10)11)6(9)3-4;1-4(2)3/h5-13H,3-4H2,1-2H3,(H,26,30);1-7,17-18H,(H,16,19);5-8H,3-4H2,1-2H3;1-4H,9H2;1-3,8-9H,(H,10,11);. The Morgan fingerprint density at radius 3 is 1.44 bits per heavy atom. The Morgan fingerprint density at radius 2 is 1.01 bits per heavy atom. The number of halogens is 3. The van der Waals surface area contributed by atoms with Gasteiger partial charge in [-0.15, -0.1) is 4.91 Å². The highest BCUT2D eigenvalue weighted by atomic mass is 36.0. The predicted octanol–water partition coefficient (Wildman–Crippen LogP) is 14.3. The molecule has 9 N–H and O–H groups in total. The van der Waals surface area contributed by atoms with Gasteiger partial charge >= 0.3 is 5.97 Å². The molecule has 7 aromatic carbocycles. The van der Waals surface area contributed by atoms with Gasteiger partial charge in [-0.1, -0.05) is 33.7 Å². The molecule has 1 heterocycles. The summed E-state index contributed by atoms with van der Waals surface area (Å²) < 4.78 is 5.93. The first-order valence-corrected chi connectivity index (χ1v) is 29.9. The first kappa shape index (κ1) is 69.0. The van der Waals surface area contributed by atoms with Crippen molar-refractivity contribution in [1.29, 1.82) is 15.8 Å². The van der Waals surface area contributed by atoms with Crippen LogP contribution in [0.5, 0.6) is 23.0 Å². The highest BCUT2D eigenvalue weighted by Gasteiger charge is 2.19. The first-order valence-electron chi connectivity index (χ1n) is 25.9. The molecule has 0 bridgehead atoms. The maximum absolute atomic E-state index is 12.6. The Balaban J connectivity index is 0.000000247. The summed E-state index contributed by atoms with van der Waals surface area (Å²) in [6.07, 6.45) is 0. The van der Waals surface area contributed by atoms with Gasteiger partial charge in [-0.25, -0.2) is 9.78 Å². The van der Waals surface area contributed by atoms with Crippen molar-refractivity contribution >= 4 is 103 Å². The van der Waals surface area contributed by atoms with Crippen LogP contribution in [0.1, 0.15) is 75.5 Å². The van der Waals surface area contributed by atoms with Crippen LogP contribution in [-0.2, 0) is 0 Å². The van der Waals surface area contributed by atoms with E-state index in [1.165, 1.54) is 30.3 Å². The third-order valence-corrected chi connectivity index (χ3v) is 11.9. The number of aromatic nitrogens is 1. The minimum atomic E-state index is -1.22. The van der Waals surface area contributed by atoms with Gasteiger partial charge < -0.3 is 56.1 Å². The van der Waals surface area contributed by atoms with Gasteiger partial charge in [0, 0.05) is 78.9 Å². The van der Waals surface area contributed by atoms with Crippen LogP contribution in [-0.4, -0.2) is 74.5 Å². The molecular weight excluding hydrogens is 1200 g/mol. The number of aromatic hydroxyl groups is 4. The molecule has 25 heteroatoms. The van der Waals surface area contributed by atoms with Crippen molar-refractivity contribution in [3.05, 3.63) is 212 Å². The van der Waals surface area contributed by atoms with Crippen molar-refractivity contribution in [1.82, 2.24) is 4.98 Å². The minimum absolute atomic E-state index is 0.0290. The van der Waals surface area contributed by atoms with E-state index in [1.807, 2.05) is 48.5 Å². The summed E-state index contributed by atoms with van der Waals surface area (Å²) in [6, 6.07) is 48.3. The zero-order chi connectivity index (χ0) is 64.2. The highest BCUT2D eigenvalue weighted by Crippen LogP contribution is 2.51. The van der Waals surface area contributed by atoms with Gasteiger partial charge in [-0.2, -0.15) is 15.8 Å². The van der Waals surface area contributed by atoms with Crippen molar-refractivity contribution in [2.24, 2.45) is 5.18 Å². The molecule has 7 aromatic rings. The van der Waals surface area contributed by atoms with Crippen LogP contribution in [0.2, 0.25) is 0 Å². The van der Waals surface area contributed by atoms with Crippen molar-refractivity contribution in [3.8, 4) is 52.7 Å². The van der Waals surface area contributed by atoms with Crippen molar-refractivity contribution in [2.75, 3.05) is 52.3 Å². The molecule has 446 valence electrons. The van der Waals surface area contributed by atoms with Crippen LogP contribution >= 0.6 is 39.7 Å². The van der Waals surface area contributed by atoms with Crippen LogP contribution in [0.15, 0.2) is 178 Å². The van der Waals surface area contributed by atoms with Gasteiger partial charge in [0.2, 0.25) is 0 Å². The second-order valence-corrected chi connectivity index (χ2v) is 22.5. The number of carboxylic acid groups (broad SMARTS) is 1. The molecule has 0 saturated carbocycles. The lowest BCUT2D eigenvalue weighted by molar-refractivity contribution is 0.0693. The van der Waals surface area contributed by atoms with E-state index in [2.05, 4.69) is 58.3 Å². The second kappa shape index (κ2) is 35.0. The number of nitrogens with one attached hydrogen (secondary N) is 2. The van der Waals surface area contributed by atoms with Crippen LogP contribution < -0.4 is 31.6 Å². The van der Waals surface area contributed by atoms with E-state index in [4.69, 9.17) is 80.1 Å². The monoisotopic (exact) mass is 1250 g/mol. The van der Waals surface area contributed by atoms with Crippen molar-refractivity contribution in [2.45, 2.75) is 27.7 Å². The number of aromatic carboxylic acids is 1. The number of benzene rings is 8. The fourth-order valence-corrected chi connectivity index (χ4v) is 7.54. The summed E-state index contributed by atoms with van der Waals surface area (Å²) in [5, 5.41) is 78.8. The van der Waals surface area contributed by atoms with Gasteiger partial charge in [0.25, 0.3) is 11.8 Å². The number of nitrogen functional groups attached to an aromatic ring is 1. The SMILES string of the molecule is CCN(CC)c1ccc(N=O)cc1.CCN(CC)c1ccc2nc3cc(C(=O)Nc4ccc(C#N)cc4)c(=O)cc-3oc2c1.ClP(Cl)Cl.N#Cc1ccc(N)cc1.N#Cc1ccc(NC(=O)c2ccc(O)cc2O)cc1.O=C(O)c1ccc(O)cc1O. The molecule has 1 aliphatic carbocycles. The predicted molar refractivity (Wildman–Crippen MR) is 341 cm³/mol. The number of carboxylic acids is 1. The molecule has 2 amide bonds. The molecule has 0 unspecified atom stereocenters. The summed E-state index contributed by atoms with van der Waals surface area (Å²) in [7, 11) is 0. The quantitative estimate of drug-likeness (QED) is 0.0244. The van der Waals surface area contributed by atoms with Crippen molar-refractivity contribution in [3.63, 3.8) is 0 Å². The van der Waals surface area contributed by atoms with E-state index in [0.29, 0.717) is 62.0 Å². The summed E-state index contributed by atoms with van der Waals surface area (Å²) in [4.78, 5) is 66.5. The average Bonchev–Trinajstić information content (AvgIpc) is 3.66. The lowest BCUT2D eigenvalue weighted by Gasteiger charge is -2.21. The Hall–Kier alpha value is -10.5. The second-order valence-electron chi connectivity index (χ2n) is 17.6. The number of nitroso groups, excluding NO2 is 1. The first-order chi connectivity index (χ1) is 41.6. The third-order valence-electron chi connectivity index (χ3n) is 11.9. The van der Waals surface area contributed by atoms with Crippen LogP contribution in [0.4, 0.5) is 34.1 Å². The van der Waals surface area contributed by atoms with Gasteiger partial charge in [0.15, 0.2) is 22.8 Å². The summed E-state index contributed by atoms with van der Waals surface area (Å²) in [5.74, 6) is -4.15. The van der Waals surface area contributed by atoms with Crippen molar-refractivity contribution < 1.29 is 44.3 Å². The molecule has 0 fully saturated rings. The van der Waals surface area contributed by atoms with E-state index in [0.717, 1.165) is 55.8 Å². The number of nitrogens with zero attached hydrogens (tertiary/aromatic N) is 7. The zero-order valence-electron chi connectivity index (χ0n) is 46.9. The van der Waals surface area contributed by atoms with E-state index >= 15 is 0 Å². The molecule has 0 spiro atoms. The molecule has 0 radical (unpaired) electrons. The smallest absolute Gasteiger partial charge is 0.339 e. The van der Waals surface area contributed by atoms with Gasteiger partial charge in [-0.05, 0) is 172 Å². The Morgan fingerprint density at radius 1 is 0.586 bits per heavy atom. The number of rotatable bonds is 12. The largest absolute Gasteiger partial charge is 0.508 e. The van der Waals surface area contributed by atoms with Gasteiger partial charge in [0.1, 0.15) is 45.5 Å². The third kappa shape index (κ3) is 21.9. The summed E-state index contributed by atoms with van der Waals surface area (Å²) in [6.45, 7) is 12.1. The number of carbonyl (C=O) groups excluding carboxylic acids is 2. The molecule has 0 atom stereocenters. The number of phenols is 4. The van der Waals surface area contributed by atoms with E-state index < -0.39 is 34.9 Å². The zero-order valence-corrected chi connectivity index (χ0v) is 50.1. The van der Waals surface area contributed by atoms with E-state index in [1.54, 1.807) is 84.9 Å². The normalized spacial score (nSPS) is 9.85. The lowest BCUT2D eigenvalue weighted by atomic mass is 10.1. The number of nitriles is 3. The fourth-order valence-electron chi connectivity index (χ4n) is 7.54. The van der Waals surface area contributed by atoms with Crippen LogP contribution in [0.25, 0.3) is 22.6 Å². The number of hydrogen-bond donors (Lipinski definition) is 8. The number of nitrogens with two attached hydrogens (primary N) is 1. The average molecular weight is 1250 g/mol. The Labute approximate surface area is 515 Å². The van der Waals surface area contributed by atoms with E-state index in [-0.39, 0.29) is 33.9 Å². The van der Waals surface area contributed by atoms with Gasteiger partial charge in [0.05, 0.1) is 46.0 Å². The Kier molecular flexibility index (Phi) is 27.8. The van der Waals surface area contributed by atoms with E-state index in [9.17, 15) is 29.2 Å². The van der Waals surface area contributed by atoms with Crippen LogP contribution in [0, 0.1) is 38.9 Å². The number of carbonyl (C=O) groups is 3. The number of anilines is 5. The molecule has 9 rings (SSSR count). The van der Waals surface area contributed by atoms with Gasteiger partial charge in [-0.3, -0.25) is 14.4 Å². The molecule has 87 heavy (non-hydrogen) atoms. The molecule has 0 aromatic heterocycles.